The van der Waals surface area contributed by atoms with Crippen LogP contribution in [0.2, 0.25) is 0 Å². The van der Waals surface area contributed by atoms with Crippen molar-refractivity contribution < 1.29 is 15.0 Å². The molecule has 7 nitrogen and oxygen atoms in total. The molecule has 0 fully saturated rings. The number of nitrogens with zero attached hydrogens (tertiary/aromatic N) is 2. The second-order valence-electron chi connectivity index (χ2n) is 5.41. The molecular formula is C15H18N4O3. The number of carboxylic acid groups (broad SMARTS) is 1. The number of phenolic OH excluding ortho intramolecular Hbond substituents is 1. The van der Waals surface area contributed by atoms with Crippen LogP contribution >= 0.6 is 0 Å². The van der Waals surface area contributed by atoms with E-state index in [1.807, 2.05) is 0 Å². The van der Waals surface area contributed by atoms with Gasteiger partial charge in [0.15, 0.2) is 0 Å². The lowest BCUT2D eigenvalue weighted by Gasteiger charge is -2.16. The number of fused-ring (bicyclic) bond motifs is 3. The Morgan fingerprint density at radius 3 is 2.82 bits per heavy atom. The maximum Gasteiger partial charge on any atom is 0.354 e. The minimum absolute atomic E-state index is 0.0447. The third-order valence-electron chi connectivity index (χ3n) is 3.98. The van der Waals surface area contributed by atoms with Crippen molar-refractivity contribution in [2.75, 3.05) is 12.3 Å². The van der Waals surface area contributed by atoms with Gasteiger partial charge in [-0.25, -0.2) is 4.79 Å². The smallest absolute Gasteiger partial charge is 0.354 e. The molecule has 1 aliphatic rings. The van der Waals surface area contributed by atoms with Crippen molar-refractivity contribution in [2.24, 2.45) is 5.73 Å². The lowest BCUT2D eigenvalue weighted by molar-refractivity contribution is 0.0681. The molecule has 0 saturated carbocycles. The minimum Gasteiger partial charge on any atom is -0.506 e. The van der Waals surface area contributed by atoms with Gasteiger partial charge < -0.3 is 21.7 Å². The van der Waals surface area contributed by atoms with Crippen molar-refractivity contribution in [3.05, 3.63) is 29.0 Å². The largest absolute Gasteiger partial charge is 0.506 e. The standard InChI is InChI=1S/C15H18N4O3/c16-4-1-5-19-14(15(21)22)9-3-2-8-6-12(20)11(17)7-10(8)13(9)18-19/h6-7,20H,1-5,16-17H2,(H,21,22). The summed E-state index contributed by atoms with van der Waals surface area (Å²) in [5, 5.41) is 23.7. The van der Waals surface area contributed by atoms with Gasteiger partial charge in [-0.05, 0) is 43.5 Å². The van der Waals surface area contributed by atoms with E-state index in [1.165, 1.54) is 4.68 Å². The fraction of sp³-hybridized carbons (Fsp3) is 0.333. The summed E-state index contributed by atoms with van der Waals surface area (Å²) in [6, 6.07) is 3.29. The summed E-state index contributed by atoms with van der Waals surface area (Å²) in [6.07, 6.45) is 1.89. The van der Waals surface area contributed by atoms with Crippen LogP contribution in [0.15, 0.2) is 12.1 Å². The Kier molecular flexibility index (Phi) is 3.50. The molecule has 0 atom stereocenters. The predicted molar refractivity (Wildman–Crippen MR) is 81.8 cm³/mol. The number of carbonyl (C=O) groups is 1. The van der Waals surface area contributed by atoms with Crippen LogP contribution in [0.3, 0.4) is 0 Å². The highest BCUT2D eigenvalue weighted by Crippen LogP contribution is 2.38. The Morgan fingerprint density at radius 2 is 2.14 bits per heavy atom. The molecule has 6 N–H and O–H groups in total. The van der Waals surface area contributed by atoms with E-state index in [9.17, 15) is 15.0 Å². The van der Waals surface area contributed by atoms with E-state index in [2.05, 4.69) is 5.10 Å². The van der Waals surface area contributed by atoms with Crippen LogP contribution < -0.4 is 11.5 Å². The van der Waals surface area contributed by atoms with Gasteiger partial charge in [0, 0.05) is 17.7 Å². The highest BCUT2D eigenvalue weighted by molar-refractivity contribution is 5.91. The van der Waals surface area contributed by atoms with Gasteiger partial charge in [0.1, 0.15) is 11.4 Å². The average Bonchev–Trinajstić information content (AvgIpc) is 2.85. The number of nitrogen functional groups attached to an aromatic ring is 1. The second kappa shape index (κ2) is 5.34. The molecule has 0 unspecified atom stereocenters. The Morgan fingerprint density at radius 1 is 1.36 bits per heavy atom. The summed E-state index contributed by atoms with van der Waals surface area (Å²) in [5.74, 6) is -0.941. The summed E-state index contributed by atoms with van der Waals surface area (Å²) >= 11 is 0. The van der Waals surface area contributed by atoms with Crippen LogP contribution in [-0.2, 0) is 19.4 Å². The fourth-order valence-corrected chi connectivity index (χ4v) is 2.93. The van der Waals surface area contributed by atoms with Gasteiger partial charge >= 0.3 is 5.97 Å². The minimum atomic E-state index is -0.985. The molecule has 22 heavy (non-hydrogen) atoms. The van der Waals surface area contributed by atoms with Crippen LogP contribution in [0.4, 0.5) is 5.69 Å². The first kappa shape index (κ1) is 14.4. The van der Waals surface area contributed by atoms with Crippen molar-refractivity contribution >= 4 is 11.7 Å². The number of aryl methyl sites for hydroxylation is 2. The zero-order valence-electron chi connectivity index (χ0n) is 12.0. The molecule has 1 heterocycles. The Labute approximate surface area is 127 Å². The van der Waals surface area contributed by atoms with Crippen LogP contribution in [0.1, 0.15) is 28.0 Å². The summed E-state index contributed by atoms with van der Waals surface area (Å²) < 4.78 is 1.51. The molecule has 116 valence electrons. The first-order valence-corrected chi connectivity index (χ1v) is 7.17. The molecule has 2 aromatic rings. The van der Waals surface area contributed by atoms with E-state index in [-0.39, 0.29) is 17.1 Å². The van der Waals surface area contributed by atoms with Gasteiger partial charge in [0.25, 0.3) is 0 Å². The van der Waals surface area contributed by atoms with E-state index in [0.29, 0.717) is 38.0 Å². The number of benzene rings is 1. The van der Waals surface area contributed by atoms with Gasteiger partial charge in [0.2, 0.25) is 0 Å². The Hall–Kier alpha value is -2.54. The third kappa shape index (κ3) is 2.19. The molecule has 0 saturated heterocycles. The highest BCUT2D eigenvalue weighted by atomic mass is 16.4. The quantitative estimate of drug-likeness (QED) is 0.492. The molecule has 3 rings (SSSR count). The summed E-state index contributed by atoms with van der Waals surface area (Å²) in [5.41, 5.74) is 14.9. The zero-order valence-corrected chi connectivity index (χ0v) is 12.0. The maximum atomic E-state index is 11.6. The van der Waals surface area contributed by atoms with Crippen molar-refractivity contribution in [1.29, 1.82) is 0 Å². The number of hydrogen-bond donors (Lipinski definition) is 4. The second-order valence-corrected chi connectivity index (χ2v) is 5.41. The van der Waals surface area contributed by atoms with E-state index >= 15 is 0 Å². The van der Waals surface area contributed by atoms with Crippen LogP contribution in [0, 0.1) is 0 Å². The average molecular weight is 302 g/mol. The number of phenols is 1. The fourth-order valence-electron chi connectivity index (χ4n) is 2.93. The Balaban J connectivity index is 2.17. The van der Waals surface area contributed by atoms with Gasteiger partial charge in [0.05, 0.1) is 11.4 Å². The lowest BCUT2D eigenvalue weighted by atomic mass is 9.88. The first-order valence-electron chi connectivity index (χ1n) is 7.17. The number of nitrogens with two attached hydrogens (primary N) is 2. The van der Waals surface area contributed by atoms with E-state index in [4.69, 9.17) is 11.5 Å². The zero-order chi connectivity index (χ0) is 15.9. The van der Waals surface area contributed by atoms with E-state index in [0.717, 1.165) is 16.7 Å². The van der Waals surface area contributed by atoms with Gasteiger partial charge in [-0.1, -0.05) is 0 Å². The van der Waals surface area contributed by atoms with Crippen LogP contribution in [0.25, 0.3) is 11.3 Å². The van der Waals surface area contributed by atoms with Crippen molar-refractivity contribution in [3.63, 3.8) is 0 Å². The molecule has 0 aliphatic heterocycles. The number of anilines is 1. The van der Waals surface area contributed by atoms with Crippen molar-refractivity contribution in [3.8, 4) is 17.0 Å². The number of hydrogen-bond acceptors (Lipinski definition) is 5. The van der Waals surface area contributed by atoms with E-state index in [1.54, 1.807) is 12.1 Å². The highest BCUT2D eigenvalue weighted by Gasteiger charge is 2.28. The summed E-state index contributed by atoms with van der Waals surface area (Å²) in [6.45, 7) is 0.940. The number of aromatic carboxylic acids is 1. The first-order chi connectivity index (χ1) is 10.5. The lowest BCUT2D eigenvalue weighted by Crippen LogP contribution is -2.14. The Bertz CT molecular complexity index is 752. The normalized spacial score (nSPS) is 12.8. The van der Waals surface area contributed by atoms with Crippen molar-refractivity contribution in [2.45, 2.75) is 25.8 Å². The third-order valence-corrected chi connectivity index (χ3v) is 3.98. The van der Waals surface area contributed by atoms with E-state index < -0.39 is 5.97 Å². The number of carboxylic acids is 1. The molecule has 1 aliphatic carbocycles. The van der Waals surface area contributed by atoms with Crippen LogP contribution in [0.5, 0.6) is 5.75 Å². The molecule has 0 radical (unpaired) electrons. The topological polar surface area (TPSA) is 127 Å². The number of aromatic hydroxyl groups is 1. The van der Waals surface area contributed by atoms with Gasteiger partial charge in [-0.15, -0.1) is 0 Å². The van der Waals surface area contributed by atoms with Crippen LogP contribution in [-0.4, -0.2) is 32.5 Å². The molecule has 1 aromatic heterocycles. The molecule has 0 amide bonds. The van der Waals surface area contributed by atoms with Crippen molar-refractivity contribution in [1.82, 2.24) is 9.78 Å². The maximum absolute atomic E-state index is 11.6. The monoisotopic (exact) mass is 302 g/mol. The summed E-state index contributed by atoms with van der Waals surface area (Å²) in [4.78, 5) is 11.6. The van der Waals surface area contributed by atoms with Gasteiger partial charge in [-0.2, -0.15) is 5.10 Å². The number of rotatable bonds is 4. The molecular weight excluding hydrogens is 284 g/mol. The molecule has 0 spiro atoms. The molecule has 1 aromatic carbocycles. The SMILES string of the molecule is NCCCn1nc2c(c1C(=O)O)CCc1cc(O)c(N)cc1-2. The predicted octanol–water partition coefficient (Wildman–Crippen LogP) is 0.984. The molecule has 7 heteroatoms. The number of aromatic nitrogens is 2. The molecule has 0 bridgehead atoms. The van der Waals surface area contributed by atoms with Gasteiger partial charge in [-0.3, -0.25) is 4.68 Å². The summed E-state index contributed by atoms with van der Waals surface area (Å²) in [7, 11) is 0.